The van der Waals surface area contributed by atoms with Crippen LogP contribution in [0.25, 0.3) is 0 Å². The summed E-state index contributed by atoms with van der Waals surface area (Å²) in [5.74, 6) is 11.2. The smallest absolute Gasteiger partial charge is 0.289 e. The number of fused-ring (bicyclic) bond motifs is 11. The lowest BCUT2D eigenvalue weighted by atomic mass is 9.86. The first-order chi connectivity index (χ1) is 66.8. The van der Waals surface area contributed by atoms with Crippen molar-refractivity contribution in [3.63, 3.8) is 0 Å². The van der Waals surface area contributed by atoms with Crippen LogP contribution in [0.5, 0.6) is 0 Å². The Morgan fingerprint density at radius 3 is 0.986 bits per heavy atom. The molecule has 22 atom stereocenters. The highest BCUT2D eigenvalue weighted by molar-refractivity contribution is 8.13. The number of hydrogen-bond acceptors (Lipinski definition) is 25. The molecule has 0 spiro atoms. The van der Waals surface area contributed by atoms with Crippen LogP contribution in [-0.2, 0) is 109 Å². The minimum Gasteiger partial charge on any atom is -0.397 e. The Kier molecular flexibility index (Phi) is 73.1. The molecule has 0 saturated heterocycles. The molecule has 25 nitrogen and oxygen atoms in total. The first-order valence-electron chi connectivity index (χ1n) is 51.2. The normalized spacial score (nSPS) is 28.7. The standard InChI is InChI=1S/2C19H32O3S.C10H12.2C9H14O3S.C7H10.C6H15N.2C5H6.C4H9ClO3S.2C4H8O3S.C2H4Cl2O2S.C2H6O.2CH4.H2/c2*1-4-7-16-10-11-17(14-16)8-6-9-18-12-15(3)13-19(18)23(20,21)22-5-2;1-2-9-7-4-5-8(6-7)10(9)3-1;2*1-2-12-13(10,11)9-6-7-3-4-8(9)5-7;1-2-7-4-3-6(1)5-7;1-4-7(5-2)6-3;2*1-2-4-5-3-1;1-2-8-9(6,7)4-3-5;2*1-3-7-8(5,6)4-2;3-1-2-7(4,5)6;1-2-3;;;/h2*4,6-7,9,15-19H,5,8,10-14H2,1-3H3;1-2,4-5,7-10H,3,6H2;2*3-4,7-9H,2,5-6H2,1H3;1-2,6-7H,3-5H2;4-6H2,1-3H3;2*1-4H,5H2;2-4H2,1H3;2*4H,2-3H2,1H3;1-2H2;3H,2H2,1H3;2*1H4;1H/b2*7-4+,9-6+;;;;;;;;;;;;;;;/i;;;;;;;;;;;;;;;;1+1. The van der Waals surface area contributed by atoms with Gasteiger partial charge in [-0.1, -0.05) is 221 Å². The van der Waals surface area contributed by atoms with E-state index in [1.54, 1.807) is 55.4 Å². The number of aliphatic hydroxyl groups is 1. The zero-order chi connectivity index (χ0) is 106. The molecule has 15 rings (SSSR count). The van der Waals surface area contributed by atoms with Crippen molar-refractivity contribution in [2.75, 3.05) is 95.8 Å². The predicted octanol–water partition coefficient (Wildman–Crippen LogP) is 24.7. The summed E-state index contributed by atoms with van der Waals surface area (Å²) in [5, 5.41) is 7.86. The van der Waals surface area contributed by atoms with Crippen molar-refractivity contribution in [2.24, 2.45) is 107 Å². The van der Waals surface area contributed by atoms with E-state index in [1.807, 2.05) is 12.2 Å². The number of alkyl halides is 2. The topological polar surface area (TPSA) is 361 Å². The lowest BCUT2D eigenvalue weighted by Crippen LogP contribution is -2.27. The van der Waals surface area contributed by atoms with E-state index in [4.69, 9.17) is 55.7 Å². The highest BCUT2D eigenvalue weighted by atomic mass is 35.7. The Labute approximate surface area is 886 Å². The van der Waals surface area contributed by atoms with Gasteiger partial charge in [-0.3, -0.25) is 29.3 Å². The van der Waals surface area contributed by atoms with Crippen molar-refractivity contribution >= 4 is 114 Å². The second-order valence-corrected chi connectivity index (χ2v) is 53.0. The molecule has 36 heteroatoms. The van der Waals surface area contributed by atoms with Gasteiger partial charge in [-0.2, -0.15) is 58.9 Å². The summed E-state index contributed by atoms with van der Waals surface area (Å²) < 4.78 is 210. The van der Waals surface area contributed by atoms with Gasteiger partial charge in [0.15, 0.2) is 0 Å². The molecule has 8 saturated carbocycles. The quantitative estimate of drug-likeness (QED) is 0.0266. The molecule has 8 bridgehead atoms. The molecule has 0 aromatic carbocycles. The van der Waals surface area contributed by atoms with E-state index in [-0.39, 0.29) is 137 Å². The largest absolute Gasteiger partial charge is 0.397 e. The van der Waals surface area contributed by atoms with Crippen LogP contribution in [0, 0.1) is 107 Å². The van der Waals surface area contributed by atoms with E-state index in [0.29, 0.717) is 23.7 Å². The van der Waals surface area contributed by atoms with Crippen molar-refractivity contribution in [3.8, 4) is 0 Å². The van der Waals surface area contributed by atoms with Crippen LogP contribution in [0.1, 0.15) is 268 Å². The third-order valence-electron chi connectivity index (χ3n) is 26.6. The van der Waals surface area contributed by atoms with Gasteiger partial charge in [0.05, 0.1) is 89.6 Å². The van der Waals surface area contributed by atoms with Gasteiger partial charge in [0, 0.05) is 30.5 Å². The molecule has 0 radical (unpaired) electrons. The van der Waals surface area contributed by atoms with Crippen LogP contribution in [-0.4, -0.2) is 194 Å². The van der Waals surface area contributed by atoms with E-state index < -0.39 is 79.9 Å². The highest BCUT2D eigenvalue weighted by Crippen LogP contribution is 2.53. The van der Waals surface area contributed by atoms with Crippen molar-refractivity contribution in [1.82, 2.24) is 4.90 Å². The van der Waals surface area contributed by atoms with E-state index in [0.717, 1.165) is 147 Å². The fraction of sp³-hybridized carbons (Fsp3) is 0.720. The van der Waals surface area contributed by atoms with Crippen LogP contribution in [0.2, 0.25) is 0 Å². The molecule has 8 fully saturated rings. The van der Waals surface area contributed by atoms with Crippen molar-refractivity contribution in [1.29, 1.82) is 0 Å². The molecule has 832 valence electrons. The molecule has 15 aliphatic carbocycles. The van der Waals surface area contributed by atoms with Crippen LogP contribution < -0.4 is 0 Å². The first-order valence-corrected chi connectivity index (χ1v) is 65.2. The maximum Gasteiger partial charge on any atom is 0.289 e. The fourth-order valence-corrected chi connectivity index (χ4v) is 30.2. The van der Waals surface area contributed by atoms with E-state index in [2.05, 4.69) is 225 Å². The third kappa shape index (κ3) is 56.4. The van der Waals surface area contributed by atoms with E-state index in [1.165, 1.54) is 90.3 Å². The highest BCUT2D eigenvalue weighted by Gasteiger charge is 2.47. The van der Waals surface area contributed by atoms with Gasteiger partial charge >= 0.3 is 0 Å². The zero-order valence-corrected chi connectivity index (χ0v) is 95.6. The molecule has 0 aromatic rings. The molecule has 0 heterocycles. The maximum atomic E-state index is 12.3. The summed E-state index contributed by atoms with van der Waals surface area (Å²) in [6.07, 6.45) is 83.5. The summed E-state index contributed by atoms with van der Waals surface area (Å²) in [6.45, 7) is 39.8. The summed E-state index contributed by atoms with van der Waals surface area (Å²) in [7, 11) is -22.2. The summed E-state index contributed by atoms with van der Waals surface area (Å²) in [4.78, 5) is 2.38. The van der Waals surface area contributed by atoms with Crippen molar-refractivity contribution in [3.05, 3.63) is 182 Å². The number of rotatable bonds is 35. The average Bonchev–Trinajstić information content (AvgIpc) is 1.61. The molecule has 0 aromatic heterocycles. The molecule has 0 amide bonds. The first kappa shape index (κ1) is 139. The van der Waals surface area contributed by atoms with Crippen LogP contribution in [0.15, 0.2) is 182 Å². The second-order valence-electron chi connectivity index (χ2n) is 37.2. The molecule has 1 N–H and O–H groups in total. The molecule has 143 heavy (non-hydrogen) atoms. The Morgan fingerprint density at radius 1 is 0.385 bits per heavy atom. The molecule has 0 aliphatic heterocycles. The summed E-state index contributed by atoms with van der Waals surface area (Å²) in [5.41, 5.74) is 0. The molecule has 22 unspecified atom stereocenters. The maximum absolute atomic E-state index is 12.3. The van der Waals surface area contributed by atoms with Gasteiger partial charge in [0.1, 0.15) is 0 Å². The minimum atomic E-state index is -3.42. The summed E-state index contributed by atoms with van der Waals surface area (Å²) in [6, 6.07) is 0. The lowest BCUT2D eigenvalue weighted by molar-refractivity contribution is 0.318. The third-order valence-corrected chi connectivity index (χ3v) is 39.2. The Balaban J connectivity index is 0. The zero-order valence-electron chi connectivity index (χ0n) is 86.8. The fourth-order valence-electron chi connectivity index (χ4n) is 20.2. The minimum absolute atomic E-state index is 0. The molecule has 15 aliphatic rings. The average molecular weight is 2230 g/mol. The van der Waals surface area contributed by atoms with Crippen LogP contribution in [0.4, 0.5) is 0 Å². The summed E-state index contributed by atoms with van der Waals surface area (Å²) >= 11 is 10.2. The SMILES string of the molecule is C.C.C/C=C/C1CCC(C/C=C/C2CC(C)CC2S(=O)(=O)OCC)C1.C/C=C/C1CCC(C/C=C/C2CC(C)CC2S(=O)(=O)OCC)C1.C1=CC2C3C=CC(C3)C2C1.C1=CC2CCC1C2.C1=CCC=C1.C1=CCC=C1.C=CS(=O)(=O)OCC.C=CS(=O)(=O)OCC.CCN(CC)CC.CCO.CCOS(=O)(=O)C1CC2C=CC1C2.CCOS(=O)(=O)C1CC2C=CC1C2.CCOS(=O)(=O)CCCl.O=S(=O)(Cl)CCCl.[2HH]. The van der Waals surface area contributed by atoms with Crippen molar-refractivity contribution < 1.29 is 103 Å². The van der Waals surface area contributed by atoms with Crippen molar-refractivity contribution in [2.45, 2.75) is 287 Å². The second kappa shape index (κ2) is 75.0. The molecular weight excluding hydrogens is 2050 g/mol. The number of hydrogen-bond donors (Lipinski definition) is 1. The van der Waals surface area contributed by atoms with Gasteiger partial charge in [-0.25, -0.2) is 8.42 Å². The van der Waals surface area contributed by atoms with E-state index >= 15 is 0 Å². The Bertz CT molecular complexity index is 4660. The van der Waals surface area contributed by atoms with Gasteiger partial charge in [0.2, 0.25) is 9.05 Å². The Hall–Kier alpha value is -3.79. The van der Waals surface area contributed by atoms with Gasteiger partial charge in [-0.15, -0.1) is 23.2 Å². The monoisotopic (exact) mass is 2230 g/mol. The number of nitrogens with zero attached hydrogens (tertiary/aromatic N) is 1. The van der Waals surface area contributed by atoms with Gasteiger partial charge in [-0.05, 0) is 343 Å². The molecular formula is C107H186Cl3NO24S8. The van der Waals surface area contributed by atoms with Crippen LogP contribution >= 0.6 is 33.9 Å². The van der Waals surface area contributed by atoms with Gasteiger partial charge in [0.25, 0.3) is 70.8 Å². The number of aliphatic hydroxyl groups excluding tert-OH is 1. The number of allylic oxidation sites excluding steroid dienone is 26. The lowest BCUT2D eigenvalue weighted by Gasteiger charge is -2.18. The van der Waals surface area contributed by atoms with Gasteiger partial charge < -0.3 is 10.0 Å². The predicted molar refractivity (Wildman–Crippen MR) is 598 cm³/mol. The Morgan fingerprint density at radius 2 is 0.734 bits per heavy atom. The number of halogens is 3. The van der Waals surface area contributed by atoms with E-state index in [9.17, 15) is 67.3 Å². The van der Waals surface area contributed by atoms with Crippen LogP contribution in [0.3, 0.4) is 0 Å².